The van der Waals surface area contributed by atoms with Gasteiger partial charge in [-0.15, -0.1) is 0 Å². The minimum Gasteiger partial charge on any atom is -0.389 e. The lowest BCUT2D eigenvalue weighted by atomic mass is 10.3. The van der Waals surface area contributed by atoms with Crippen molar-refractivity contribution < 1.29 is 9.84 Å². The Balaban J connectivity index is 1.77. The van der Waals surface area contributed by atoms with E-state index in [9.17, 15) is 5.11 Å². The minimum atomic E-state index is -0.359. The van der Waals surface area contributed by atoms with Gasteiger partial charge in [0, 0.05) is 13.2 Å². The van der Waals surface area contributed by atoms with Gasteiger partial charge in [-0.2, -0.15) is 0 Å². The average Bonchev–Trinajstić information content (AvgIpc) is 3.06. The van der Waals surface area contributed by atoms with Crippen molar-refractivity contribution in [3.63, 3.8) is 0 Å². The third kappa shape index (κ3) is 9.53. The molecule has 0 spiro atoms. The third-order valence-corrected chi connectivity index (χ3v) is 2.95. The minimum absolute atomic E-state index is 0.359. The molecular weight excluding hydrogens is 216 g/mol. The van der Waals surface area contributed by atoms with Gasteiger partial charge in [-0.05, 0) is 58.8 Å². The first kappa shape index (κ1) is 14.9. The van der Waals surface area contributed by atoms with Crippen molar-refractivity contribution in [2.24, 2.45) is 5.92 Å². The molecule has 1 aliphatic carbocycles. The highest BCUT2D eigenvalue weighted by Crippen LogP contribution is 2.28. The Morgan fingerprint density at radius 3 is 2.76 bits per heavy atom. The Kier molecular flexibility index (Phi) is 7.77. The Morgan fingerprint density at radius 1 is 1.35 bits per heavy atom. The molecule has 0 heterocycles. The van der Waals surface area contributed by atoms with Crippen molar-refractivity contribution in [3.05, 3.63) is 0 Å². The maximum absolute atomic E-state index is 9.63. The molecule has 2 N–H and O–H groups in total. The molecule has 17 heavy (non-hydrogen) atoms. The van der Waals surface area contributed by atoms with E-state index in [1.54, 1.807) is 0 Å². The van der Waals surface area contributed by atoms with Crippen LogP contribution in [0.2, 0.25) is 0 Å². The van der Waals surface area contributed by atoms with Gasteiger partial charge in [0.2, 0.25) is 0 Å². The molecule has 1 aliphatic rings. The largest absolute Gasteiger partial charge is 0.389 e. The number of hydrogen-bond donors (Lipinski definition) is 2. The average molecular weight is 244 g/mol. The quantitative estimate of drug-likeness (QED) is 0.525. The number of hydrogen-bond acceptors (Lipinski definition) is 4. The highest BCUT2D eigenvalue weighted by Gasteiger charge is 2.21. The van der Waals surface area contributed by atoms with Crippen molar-refractivity contribution in [2.45, 2.75) is 31.8 Å². The summed E-state index contributed by atoms with van der Waals surface area (Å²) >= 11 is 0. The maximum atomic E-state index is 9.63. The van der Waals surface area contributed by atoms with Gasteiger partial charge in [0.05, 0.1) is 12.7 Å². The molecule has 0 aromatic carbocycles. The van der Waals surface area contributed by atoms with E-state index in [1.807, 2.05) is 0 Å². The van der Waals surface area contributed by atoms with Crippen LogP contribution in [-0.2, 0) is 4.74 Å². The van der Waals surface area contributed by atoms with Gasteiger partial charge in [-0.3, -0.25) is 0 Å². The molecule has 4 nitrogen and oxygen atoms in total. The fourth-order valence-corrected chi connectivity index (χ4v) is 1.66. The second-order valence-electron chi connectivity index (χ2n) is 5.35. The zero-order chi connectivity index (χ0) is 12.5. The van der Waals surface area contributed by atoms with Gasteiger partial charge in [0.25, 0.3) is 0 Å². The fourth-order valence-electron chi connectivity index (χ4n) is 1.66. The van der Waals surface area contributed by atoms with Crippen LogP contribution in [0.4, 0.5) is 0 Å². The van der Waals surface area contributed by atoms with Gasteiger partial charge in [0.1, 0.15) is 0 Å². The van der Waals surface area contributed by atoms with Gasteiger partial charge in [-0.25, -0.2) is 0 Å². The van der Waals surface area contributed by atoms with Crippen LogP contribution in [0, 0.1) is 5.92 Å². The molecule has 102 valence electrons. The molecule has 4 heteroatoms. The Morgan fingerprint density at radius 2 is 2.12 bits per heavy atom. The fraction of sp³-hybridized carbons (Fsp3) is 1.00. The number of aliphatic hydroxyl groups excluding tert-OH is 1. The normalized spacial score (nSPS) is 17.6. The second-order valence-corrected chi connectivity index (χ2v) is 5.35. The predicted molar refractivity (Wildman–Crippen MR) is 70.2 cm³/mol. The number of nitrogens with one attached hydrogen (secondary N) is 1. The maximum Gasteiger partial charge on any atom is 0.0897 e. The Hall–Kier alpha value is -0.160. The lowest BCUT2D eigenvalue weighted by molar-refractivity contribution is 0.0326. The van der Waals surface area contributed by atoms with Crippen LogP contribution in [0.5, 0.6) is 0 Å². The van der Waals surface area contributed by atoms with Gasteiger partial charge < -0.3 is 20.1 Å². The smallest absolute Gasteiger partial charge is 0.0897 e. The van der Waals surface area contributed by atoms with Crippen LogP contribution in [0.1, 0.15) is 25.7 Å². The summed E-state index contributed by atoms with van der Waals surface area (Å²) < 4.78 is 5.43. The van der Waals surface area contributed by atoms with Crippen LogP contribution in [-0.4, -0.2) is 63.1 Å². The monoisotopic (exact) mass is 244 g/mol. The highest BCUT2D eigenvalue weighted by molar-refractivity contribution is 4.72. The molecule has 0 bridgehead atoms. The van der Waals surface area contributed by atoms with Crippen molar-refractivity contribution in [1.29, 1.82) is 0 Å². The van der Waals surface area contributed by atoms with E-state index >= 15 is 0 Å². The molecule has 1 fully saturated rings. The summed E-state index contributed by atoms with van der Waals surface area (Å²) in [5.41, 5.74) is 0. The molecule has 1 atom stereocenters. The Labute approximate surface area is 105 Å². The van der Waals surface area contributed by atoms with E-state index in [0.717, 1.165) is 32.0 Å². The summed E-state index contributed by atoms with van der Waals surface area (Å²) in [7, 11) is 4.18. The predicted octanol–water partition coefficient (Wildman–Crippen LogP) is 0.705. The van der Waals surface area contributed by atoms with Gasteiger partial charge in [0.15, 0.2) is 0 Å². The number of nitrogens with zero attached hydrogens (tertiary/aromatic N) is 1. The molecule has 1 saturated carbocycles. The SMILES string of the molecule is CN(C)CCCCNCC(O)COCC1CC1. The summed E-state index contributed by atoms with van der Waals surface area (Å²) in [4.78, 5) is 2.20. The first-order valence-electron chi connectivity index (χ1n) is 6.79. The number of ether oxygens (including phenoxy) is 1. The van der Waals surface area contributed by atoms with E-state index in [4.69, 9.17) is 4.74 Å². The Bertz CT molecular complexity index is 184. The van der Waals surface area contributed by atoms with Crippen LogP contribution in [0.25, 0.3) is 0 Å². The summed E-state index contributed by atoms with van der Waals surface area (Å²) in [5, 5.41) is 12.9. The van der Waals surface area contributed by atoms with Crippen LogP contribution < -0.4 is 5.32 Å². The van der Waals surface area contributed by atoms with E-state index < -0.39 is 0 Å². The molecule has 0 amide bonds. The lowest BCUT2D eigenvalue weighted by Crippen LogP contribution is -2.31. The number of rotatable bonds is 11. The summed E-state index contributed by atoms with van der Waals surface area (Å²) in [6, 6.07) is 0. The van der Waals surface area contributed by atoms with Gasteiger partial charge in [-0.1, -0.05) is 0 Å². The van der Waals surface area contributed by atoms with Crippen LogP contribution >= 0.6 is 0 Å². The molecule has 0 saturated heterocycles. The van der Waals surface area contributed by atoms with Gasteiger partial charge >= 0.3 is 0 Å². The van der Waals surface area contributed by atoms with Crippen molar-refractivity contribution in [2.75, 3.05) is 46.9 Å². The first-order valence-corrected chi connectivity index (χ1v) is 6.79. The molecular formula is C13H28N2O2. The number of unbranched alkanes of at least 4 members (excludes halogenated alkanes) is 1. The molecule has 0 aromatic heterocycles. The third-order valence-electron chi connectivity index (χ3n) is 2.95. The van der Waals surface area contributed by atoms with Crippen LogP contribution in [0.15, 0.2) is 0 Å². The van der Waals surface area contributed by atoms with E-state index in [1.165, 1.54) is 19.3 Å². The van der Waals surface area contributed by atoms with Crippen molar-refractivity contribution in [3.8, 4) is 0 Å². The summed E-state index contributed by atoms with van der Waals surface area (Å²) in [5.74, 6) is 0.779. The lowest BCUT2D eigenvalue weighted by Gasteiger charge is -2.13. The molecule has 0 radical (unpaired) electrons. The van der Waals surface area contributed by atoms with E-state index in [-0.39, 0.29) is 6.10 Å². The molecule has 1 rings (SSSR count). The zero-order valence-electron chi connectivity index (χ0n) is 11.3. The van der Waals surface area contributed by atoms with E-state index in [0.29, 0.717) is 13.2 Å². The first-order chi connectivity index (χ1) is 8.18. The molecule has 0 aliphatic heterocycles. The standard InChI is InChI=1S/C13H28N2O2/c1-15(2)8-4-3-7-14-9-13(16)11-17-10-12-5-6-12/h12-14,16H,3-11H2,1-2H3. The molecule has 1 unspecified atom stereocenters. The number of aliphatic hydroxyl groups is 1. The molecule has 0 aromatic rings. The summed E-state index contributed by atoms with van der Waals surface area (Å²) in [6.07, 6.45) is 4.62. The second kappa shape index (κ2) is 8.86. The van der Waals surface area contributed by atoms with Crippen molar-refractivity contribution >= 4 is 0 Å². The van der Waals surface area contributed by atoms with Crippen LogP contribution in [0.3, 0.4) is 0 Å². The topological polar surface area (TPSA) is 44.7 Å². The van der Waals surface area contributed by atoms with Crippen molar-refractivity contribution in [1.82, 2.24) is 10.2 Å². The highest BCUT2D eigenvalue weighted by atomic mass is 16.5. The summed E-state index contributed by atoms with van der Waals surface area (Å²) in [6.45, 7) is 4.07. The van der Waals surface area contributed by atoms with E-state index in [2.05, 4.69) is 24.3 Å². The zero-order valence-corrected chi connectivity index (χ0v) is 11.3.